The average molecular weight is 145 g/mol. The van der Waals surface area contributed by atoms with E-state index in [1.54, 1.807) is 0 Å². The van der Waals surface area contributed by atoms with E-state index in [-0.39, 0.29) is 37.7 Å². The molecule has 0 aliphatic carbocycles. The van der Waals surface area contributed by atoms with E-state index in [0.717, 1.165) is 0 Å². The summed E-state index contributed by atoms with van der Waals surface area (Å²) >= 11 is 0. The van der Waals surface area contributed by atoms with E-state index in [2.05, 4.69) is 0 Å². The normalized spacial score (nSPS) is 10.3. The topological polar surface area (TPSA) is 106 Å². The van der Waals surface area contributed by atoms with Gasteiger partial charge < -0.3 is 25.5 Å². The molecule has 0 unspecified atom stereocenters. The Labute approximate surface area is 87.7 Å². The standard InChI is InChI=1S/C4H7NO4.2Li/c5-2(4(8)9)1-3(6)7;;/h2H,1,5H2,(H,6,7)(H,8,9);;/q;2*+1/p-2/t2-;;/m0../s1. The molecule has 0 aromatic heterocycles. The van der Waals surface area contributed by atoms with Gasteiger partial charge in [-0.15, -0.1) is 0 Å². The number of hydrogen-bond donors (Lipinski definition) is 1. The Bertz CT molecular complexity index is 140. The quantitative estimate of drug-likeness (QED) is 0.397. The Hall–Kier alpha value is 0.0948. The van der Waals surface area contributed by atoms with Crippen molar-refractivity contribution in [3.8, 4) is 0 Å². The number of hydrogen-bond acceptors (Lipinski definition) is 5. The van der Waals surface area contributed by atoms with Gasteiger partial charge in [-0.2, -0.15) is 0 Å². The Morgan fingerprint density at radius 2 is 1.64 bits per heavy atom. The van der Waals surface area contributed by atoms with Crippen LogP contribution >= 0.6 is 0 Å². The Balaban J connectivity index is -0.000000320. The summed E-state index contributed by atoms with van der Waals surface area (Å²) in [5.41, 5.74) is 4.73. The van der Waals surface area contributed by atoms with Gasteiger partial charge in [0.2, 0.25) is 0 Å². The molecule has 0 saturated carbocycles. The minimum absolute atomic E-state index is 0. The predicted octanol–water partition coefficient (Wildman–Crippen LogP) is -9.79. The Morgan fingerprint density at radius 1 is 1.27 bits per heavy atom. The zero-order valence-electron chi connectivity index (χ0n) is 6.49. The van der Waals surface area contributed by atoms with Crippen molar-refractivity contribution in [3.63, 3.8) is 0 Å². The van der Waals surface area contributed by atoms with Crippen LogP contribution in [-0.2, 0) is 9.59 Å². The second-order valence-corrected chi connectivity index (χ2v) is 1.50. The van der Waals surface area contributed by atoms with Crippen LogP contribution in [0.4, 0.5) is 0 Å². The molecule has 0 aliphatic rings. The molecule has 0 aromatic carbocycles. The summed E-state index contributed by atoms with van der Waals surface area (Å²) in [4.78, 5) is 19.3. The molecule has 0 heterocycles. The third kappa shape index (κ3) is 10.1. The van der Waals surface area contributed by atoms with Crippen molar-refractivity contribution in [2.75, 3.05) is 0 Å². The smallest absolute Gasteiger partial charge is 0.550 e. The monoisotopic (exact) mass is 145 g/mol. The molecule has 11 heavy (non-hydrogen) atoms. The van der Waals surface area contributed by atoms with Crippen LogP contribution in [0.3, 0.4) is 0 Å². The first kappa shape index (κ1) is 17.3. The zero-order chi connectivity index (χ0) is 7.44. The van der Waals surface area contributed by atoms with Crippen molar-refractivity contribution in [3.05, 3.63) is 0 Å². The minimum atomic E-state index is -1.58. The SMILES string of the molecule is N[C@@H](CC(=O)[O-])C(=O)[O-].[Li+].[Li+]. The van der Waals surface area contributed by atoms with E-state index in [4.69, 9.17) is 5.73 Å². The van der Waals surface area contributed by atoms with Gasteiger partial charge in [-0.1, -0.05) is 0 Å². The molecule has 0 aliphatic heterocycles. The number of aliphatic carboxylic acids is 2. The van der Waals surface area contributed by atoms with Gasteiger partial charge in [-0.25, -0.2) is 0 Å². The van der Waals surface area contributed by atoms with E-state index < -0.39 is 24.4 Å². The van der Waals surface area contributed by atoms with Gasteiger partial charge in [0, 0.05) is 18.4 Å². The van der Waals surface area contributed by atoms with Crippen molar-refractivity contribution in [1.29, 1.82) is 0 Å². The van der Waals surface area contributed by atoms with Crippen molar-refractivity contribution < 1.29 is 57.5 Å². The summed E-state index contributed by atoms with van der Waals surface area (Å²) in [6.07, 6.45) is -0.706. The maximum absolute atomic E-state index is 9.71. The molecule has 2 N–H and O–H groups in total. The van der Waals surface area contributed by atoms with Crippen LogP contribution < -0.4 is 53.7 Å². The zero-order valence-corrected chi connectivity index (χ0v) is 6.49. The van der Waals surface area contributed by atoms with E-state index in [1.165, 1.54) is 0 Å². The fourth-order valence-corrected chi connectivity index (χ4v) is 0.263. The molecule has 1 atom stereocenters. The van der Waals surface area contributed by atoms with Crippen LogP contribution in [0.25, 0.3) is 0 Å². The van der Waals surface area contributed by atoms with Gasteiger partial charge in [0.15, 0.2) is 0 Å². The molecule has 0 bridgehead atoms. The molecule has 0 amide bonds. The maximum atomic E-state index is 9.71. The molecule has 7 heteroatoms. The van der Waals surface area contributed by atoms with Crippen LogP contribution in [0.1, 0.15) is 6.42 Å². The summed E-state index contributed by atoms with van der Waals surface area (Å²) in [6, 6.07) is -1.46. The molecule has 52 valence electrons. The van der Waals surface area contributed by atoms with Gasteiger partial charge >= 0.3 is 37.7 Å². The van der Waals surface area contributed by atoms with Gasteiger partial charge in [-0.3, -0.25) is 0 Å². The first-order chi connectivity index (χ1) is 4.04. The van der Waals surface area contributed by atoms with Crippen LogP contribution in [0.15, 0.2) is 0 Å². The second kappa shape index (κ2) is 8.19. The number of nitrogens with two attached hydrogens (primary N) is 1. The van der Waals surface area contributed by atoms with E-state index in [1.807, 2.05) is 0 Å². The molecule has 5 nitrogen and oxygen atoms in total. The number of rotatable bonds is 3. The van der Waals surface area contributed by atoms with E-state index in [9.17, 15) is 19.8 Å². The number of carbonyl (C=O) groups excluding carboxylic acids is 2. The Kier molecular flexibility index (Phi) is 12.9. The third-order valence-electron chi connectivity index (χ3n) is 0.689. The number of carboxylic acids is 2. The summed E-state index contributed by atoms with van der Waals surface area (Å²) < 4.78 is 0. The molecule has 0 fully saturated rings. The minimum Gasteiger partial charge on any atom is -0.550 e. The van der Waals surface area contributed by atoms with E-state index in [0.29, 0.717) is 0 Å². The van der Waals surface area contributed by atoms with Gasteiger partial charge in [0.05, 0.1) is 5.97 Å². The first-order valence-corrected chi connectivity index (χ1v) is 2.20. The molecule has 0 rings (SSSR count). The third-order valence-corrected chi connectivity index (χ3v) is 0.689. The summed E-state index contributed by atoms with van der Waals surface area (Å²) in [5, 5.41) is 19.3. The fourth-order valence-electron chi connectivity index (χ4n) is 0.263. The average Bonchev–Trinajstić information content (AvgIpc) is 1.63. The van der Waals surface area contributed by atoms with Crippen LogP contribution in [-0.4, -0.2) is 18.0 Å². The molecule has 0 spiro atoms. The van der Waals surface area contributed by atoms with Crippen molar-refractivity contribution in [2.45, 2.75) is 12.5 Å². The van der Waals surface area contributed by atoms with Crippen molar-refractivity contribution in [2.24, 2.45) is 5.73 Å². The van der Waals surface area contributed by atoms with Crippen LogP contribution in [0.5, 0.6) is 0 Å². The summed E-state index contributed by atoms with van der Waals surface area (Å²) in [5.74, 6) is -3.08. The van der Waals surface area contributed by atoms with Gasteiger partial charge in [0.25, 0.3) is 0 Å². The maximum Gasteiger partial charge on any atom is 1.00 e. The summed E-state index contributed by atoms with van der Waals surface area (Å²) in [6.45, 7) is 0. The molecule has 0 saturated heterocycles. The van der Waals surface area contributed by atoms with Crippen LogP contribution in [0, 0.1) is 0 Å². The molecular weight excluding hydrogens is 140 g/mol. The molecule has 0 radical (unpaired) electrons. The van der Waals surface area contributed by atoms with Crippen LogP contribution in [0.2, 0.25) is 0 Å². The van der Waals surface area contributed by atoms with Gasteiger partial charge in [0.1, 0.15) is 0 Å². The predicted molar refractivity (Wildman–Crippen MR) is 22.6 cm³/mol. The second-order valence-electron chi connectivity index (χ2n) is 1.50. The van der Waals surface area contributed by atoms with Crippen molar-refractivity contribution >= 4 is 11.9 Å². The summed E-state index contributed by atoms with van der Waals surface area (Å²) in [7, 11) is 0. The number of carbonyl (C=O) groups is 2. The fraction of sp³-hybridized carbons (Fsp3) is 0.500. The van der Waals surface area contributed by atoms with E-state index >= 15 is 0 Å². The van der Waals surface area contributed by atoms with Gasteiger partial charge in [-0.05, 0) is 0 Å². The molecule has 0 aromatic rings. The largest absolute Gasteiger partial charge is 1.00 e. The number of carboxylic acid groups (broad SMARTS) is 2. The Morgan fingerprint density at radius 3 is 1.73 bits per heavy atom. The first-order valence-electron chi connectivity index (χ1n) is 2.20. The molecular formula is C4H5Li2NO4. The van der Waals surface area contributed by atoms with Crippen molar-refractivity contribution in [1.82, 2.24) is 0 Å².